The van der Waals surface area contributed by atoms with Crippen LogP contribution >= 0.6 is 15.6 Å². The van der Waals surface area contributed by atoms with Crippen LogP contribution in [0.3, 0.4) is 0 Å². The maximum absolute atomic E-state index is 12.9. The van der Waals surface area contributed by atoms with Gasteiger partial charge in [-0.2, -0.15) is 0 Å². The molecular weight excluding hydrogens is 1070 g/mol. The lowest BCUT2D eigenvalue weighted by molar-refractivity contribution is -0.161. The second kappa shape index (κ2) is 53.8. The molecule has 0 spiro atoms. The molecule has 3 N–H and O–H groups in total. The van der Waals surface area contributed by atoms with Crippen molar-refractivity contribution >= 4 is 39.5 Å². The summed E-state index contributed by atoms with van der Waals surface area (Å²) in [5.74, 6) is -0.742. The van der Waals surface area contributed by atoms with Crippen LogP contribution in [-0.2, 0) is 65.4 Å². The van der Waals surface area contributed by atoms with E-state index in [9.17, 15) is 43.2 Å². The third-order valence-corrected chi connectivity index (χ3v) is 16.2. The number of hydrogen-bond acceptors (Lipinski definition) is 15. The molecule has 0 fully saturated rings. The van der Waals surface area contributed by atoms with Gasteiger partial charge >= 0.3 is 39.5 Å². The summed E-state index contributed by atoms with van der Waals surface area (Å²) in [5.41, 5.74) is 0. The molecular formula is C61H118O17P2. The second-order valence-electron chi connectivity index (χ2n) is 22.8. The van der Waals surface area contributed by atoms with E-state index in [1.54, 1.807) is 0 Å². The van der Waals surface area contributed by atoms with Gasteiger partial charge in [0.25, 0.3) is 0 Å². The van der Waals surface area contributed by atoms with Crippen LogP contribution in [0, 0.1) is 11.8 Å². The molecule has 0 heterocycles. The summed E-state index contributed by atoms with van der Waals surface area (Å²) in [6.45, 7) is 9.32. The van der Waals surface area contributed by atoms with Gasteiger partial charge in [0.2, 0.25) is 0 Å². The molecule has 0 saturated carbocycles. The highest BCUT2D eigenvalue weighted by molar-refractivity contribution is 7.47. The highest BCUT2D eigenvalue weighted by Crippen LogP contribution is 2.45. The first-order valence-electron chi connectivity index (χ1n) is 32.0. The Labute approximate surface area is 486 Å². The molecule has 474 valence electrons. The van der Waals surface area contributed by atoms with Crippen LogP contribution < -0.4 is 0 Å². The molecule has 0 aromatic rings. The van der Waals surface area contributed by atoms with Crippen LogP contribution in [0.4, 0.5) is 0 Å². The third-order valence-electron chi connectivity index (χ3n) is 14.3. The molecule has 0 rings (SSSR count). The van der Waals surface area contributed by atoms with Gasteiger partial charge in [0.15, 0.2) is 12.2 Å². The highest BCUT2D eigenvalue weighted by atomic mass is 31.2. The molecule has 0 saturated heterocycles. The summed E-state index contributed by atoms with van der Waals surface area (Å²) in [7, 11) is -9.88. The quantitative estimate of drug-likeness (QED) is 0.0222. The minimum absolute atomic E-state index is 0.102. The number of hydrogen-bond donors (Lipinski definition) is 3. The fraction of sp³-hybridized carbons (Fsp3) is 0.934. The molecule has 0 aliphatic heterocycles. The maximum atomic E-state index is 12.9. The van der Waals surface area contributed by atoms with Gasteiger partial charge in [-0.05, 0) is 37.5 Å². The van der Waals surface area contributed by atoms with E-state index < -0.39 is 97.5 Å². The van der Waals surface area contributed by atoms with Crippen LogP contribution in [0.2, 0.25) is 0 Å². The standard InChI is InChI=1S/C61H118O17P2/c1-7-10-12-14-16-18-19-20-22-24-33-39-45-60(65)77-56(50-72-59(64)44-38-32-28-26-30-36-42-54(6)9-3)51-75-79(67,68)73-47-55(62)48-74-80(69,70)76-52-57(78-61(66)46-40-34-27-25-29-35-41-53(4)5)49-71-58(63)43-37-31-23-21-17-15-13-11-8-2/h53-57,62H,7-52H2,1-6H3,(H,67,68)(H,69,70)/t54?,55-,56-,57-/m1/s1. The van der Waals surface area contributed by atoms with Gasteiger partial charge in [-0.1, -0.05) is 247 Å². The zero-order chi connectivity index (χ0) is 59.4. The van der Waals surface area contributed by atoms with Gasteiger partial charge in [-0.25, -0.2) is 9.13 Å². The highest BCUT2D eigenvalue weighted by Gasteiger charge is 2.30. The number of ether oxygens (including phenoxy) is 4. The van der Waals surface area contributed by atoms with E-state index in [1.807, 2.05) is 0 Å². The fourth-order valence-electron chi connectivity index (χ4n) is 8.97. The predicted octanol–water partition coefficient (Wildman–Crippen LogP) is 16.5. The van der Waals surface area contributed by atoms with Crippen molar-refractivity contribution in [3.63, 3.8) is 0 Å². The van der Waals surface area contributed by atoms with Crippen molar-refractivity contribution in [3.8, 4) is 0 Å². The number of phosphoric ester groups is 2. The Morgan fingerprint density at radius 2 is 0.637 bits per heavy atom. The molecule has 6 atom stereocenters. The average Bonchev–Trinajstić information content (AvgIpc) is 3.42. The molecule has 3 unspecified atom stereocenters. The van der Waals surface area contributed by atoms with Gasteiger partial charge in [-0.15, -0.1) is 0 Å². The van der Waals surface area contributed by atoms with E-state index in [2.05, 4.69) is 41.5 Å². The molecule has 80 heavy (non-hydrogen) atoms. The molecule has 0 aliphatic carbocycles. The largest absolute Gasteiger partial charge is 0.472 e. The smallest absolute Gasteiger partial charge is 0.462 e. The van der Waals surface area contributed by atoms with Gasteiger partial charge in [0.05, 0.1) is 26.4 Å². The first kappa shape index (κ1) is 78.1. The van der Waals surface area contributed by atoms with Crippen LogP contribution in [0.15, 0.2) is 0 Å². The van der Waals surface area contributed by atoms with Gasteiger partial charge in [0, 0.05) is 25.7 Å². The van der Waals surface area contributed by atoms with Crippen molar-refractivity contribution in [2.45, 2.75) is 317 Å². The van der Waals surface area contributed by atoms with Gasteiger partial charge < -0.3 is 33.8 Å². The van der Waals surface area contributed by atoms with Crippen molar-refractivity contribution < 1.29 is 80.2 Å². The first-order chi connectivity index (χ1) is 38.4. The van der Waals surface area contributed by atoms with Gasteiger partial charge in [-0.3, -0.25) is 37.3 Å². The average molecular weight is 1190 g/mol. The maximum Gasteiger partial charge on any atom is 0.472 e. The number of aliphatic hydroxyl groups excluding tert-OH is 1. The number of carbonyl (C=O) groups is 4. The Morgan fingerprint density at radius 1 is 0.362 bits per heavy atom. The minimum atomic E-state index is -4.94. The number of esters is 4. The summed E-state index contributed by atoms with van der Waals surface area (Å²) < 4.78 is 67.8. The Balaban J connectivity index is 5.24. The second-order valence-corrected chi connectivity index (χ2v) is 25.7. The van der Waals surface area contributed by atoms with Crippen LogP contribution in [-0.4, -0.2) is 96.7 Å². The van der Waals surface area contributed by atoms with Crippen molar-refractivity contribution in [3.05, 3.63) is 0 Å². The van der Waals surface area contributed by atoms with Crippen molar-refractivity contribution in [1.82, 2.24) is 0 Å². The van der Waals surface area contributed by atoms with Crippen molar-refractivity contribution in [2.24, 2.45) is 11.8 Å². The molecule has 0 aliphatic rings. The monoisotopic (exact) mass is 1180 g/mol. The van der Waals surface area contributed by atoms with E-state index in [4.69, 9.17) is 37.0 Å². The summed E-state index contributed by atoms with van der Waals surface area (Å²) >= 11 is 0. The Morgan fingerprint density at radius 3 is 0.950 bits per heavy atom. The SMILES string of the molecule is CCCCCCCCCCCCCCC(=O)O[C@H](COC(=O)CCCCCCCCC(C)CC)COP(=O)(O)OC[C@@H](O)COP(=O)(O)OC[C@@H](COC(=O)CCCCCCCCCCC)OC(=O)CCCCCCCCC(C)C. The first-order valence-corrected chi connectivity index (χ1v) is 35.0. The lowest BCUT2D eigenvalue weighted by atomic mass is 10.00. The lowest BCUT2D eigenvalue weighted by Crippen LogP contribution is -2.30. The summed E-state index contributed by atoms with van der Waals surface area (Å²) in [6, 6.07) is 0. The Kier molecular flexibility index (Phi) is 52.5. The normalized spacial score (nSPS) is 14.7. The number of phosphoric acid groups is 2. The fourth-order valence-corrected chi connectivity index (χ4v) is 10.5. The molecule has 0 bridgehead atoms. The number of carbonyl (C=O) groups excluding carboxylic acids is 4. The topological polar surface area (TPSA) is 237 Å². The molecule has 0 amide bonds. The molecule has 19 heteroatoms. The van der Waals surface area contributed by atoms with Crippen LogP contribution in [0.5, 0.6) is 0 Å². The molecule has 0 aromatic carbocycles. The summed E-state index contributed by atoms with van der Waals surface area (Å²) in [5, 5.41) is 10.5. The summed E-state index contributed by atoms with van der Waals surface area (Å²) in [6.07, 6.45) is 35.0. The van der Waals surface area contributed by atoms with Crippen LogP contribution in [0.25, 0.3) is 0 Å². The Hall–Kier alpha value is -1.94. The van der Waals surface area contributed by atoms with E-state index in [1.165, 1.54) is 109 Å². The molecule has 0 aromatic heterocycles. The summed E-state index contributed by atoms with van der Waals surface area (Å²) in [4.78, 5) is 72.0. The van der Waals surface area contributed by atoms with E-state index in [0.717, 1.165) is 102 Å². The van der Waals surface area contributed by atoms with Crippen molar-refractivity contribution in [2.75, 3.05) is 39.6 Å². The molecule has 0 radical (unpaired) electrons. The molecule has 17 nitrogen and oxygen atoms in total. The number of unbranched alkanes of at least 4 members (excludes halogenated alkanes) is 29. The van der Waals surface area contributed by atoms with Crippen LogP contribution in [0.1, 0.15) is 298 Å². The third kappa shape index (κ3) is 54.0. The number of rotatable bonds is 60. The van der Waals surface area contributed by atoms with Gasteiger partial charge in [0.1, 0.15) is 19.3 Å². The zero-order valence-electron chi connectivity index (χ0n) is 51.4. The van der Waals surface area contributed by atoms with E-state index in [0.29, 0.717) is 31.6 Å². The van der Waals surface area contributed by atoms with Crippen molar-refractivity contribution in [1.29, 1.82) is 0 Å². The Bertz CT molecular complexity index is 1580. The number of aliphatic hydroxyl groups is 1. The van der Waals surface area contributed by atoms with E-state index in [-0.39, 0.29) is 25.7 Å². The minimum Gasteiger partial charge on any atom is -0.462 e. The lowest BCUT2D eigenvalue weighted by Gasteiger charge is -2.21. The zero-order valence-corrected chi connectivity index (χ0v) is 53.2. The predicted molar refractivity (Wildman–Crippen MR) is 317 cm³/mol. The van der Waals surface area contributed by atoms with E-state index >= 15 is 0 Å².